The lowest BCUT2D eigenvalue weighted by molar-refractivity contribution is 0.0950. The van der Waals surface area contributed by atoms with Gasteiger partial charge in [-0.3, -0.25) is 4.79 Å². The molecule has 1 aromatic carbocycles. The maximum atomic E-state index is 11.7. The fourth-order valence-corrected chi connectivity index (χ4v) is 1.37. The molecule has 0 saturated carbocycles. The number of benzene rings is 1. The minimum Gasteiger partial charge on any atom is -0.507 e. The van der Waals surface area contributed by atoms with Gasteiger partial charge in [0, 0.05) is 6.54 Å². The van der Waals surface area contributed by atoms with Crippen LogP contribution in [-0.2, 0) is 0 Å². The highest BCUT2D eigenvalue weighted by Gasteiger charge is 2.11. The van der Waals surface area contributed by atoms with Crippen LogP contribution in [0.3, 0.4) is 0 Å². The number of aromatic hydroxyl groups is 1. The van der Waals surface area contributed by atoms with Gasteiger partial charge in [0.2, 0.25) is 0 Å². The molecule has 0 aliphatic rings. The molecule has 0 saturated heterocycles. The molecular formula is C13H17NO3. The summed E-state index contributed by atoms with van der Waals surface area (Å²) in [5.41, 5.74) is 0.225. The Kier molecular flexibility index (Phi) is 5.07. The Bertz CT molecular complexity index is 402. The number of hydrogen-bond donors (Lipinski definition) is 2. The third-order valence-corrected chi connectivity index (χ3v) is 2.32. The van der Waals surface area contributed by atoms with Crippen molar-refractivity contribution in [1.29, 1.82) is 0 Å². The molecule has 2 N–H and O–H groups in total. The first-order valence-electron chi connectivity index (χ1n) is 5.45. The summed E-state index contributed by atoms with van der Waals surface area (Å²) in [6, 6.07) is 4.56. The number of ether oxygens (including phenoxy) is 1. The summed E-state index contributed by atoms with van der Waals surface area (Å²) >= 11 is 0. The molecule has 0 radical (unpaired) electrons. The van der Waals surface area contributed by atoms with Crippen LogP contribution in [0.1, 0.15) is 23.2 Å². The number of phenols is 1. The minimum absolute atomic E-state index is 0.0491. The van der Waals surface area contributed by atoms with E-state index in [0.717, 1.165) is 12.8 Å². The summed E-state index contributed by atoms with van der Waals surface area (Å²) in [7, 11) is 1.51. The van der Waals surface area contributed by atoms with Gasteiger partial charge in [-0.05, 0) is 31.0 Å². The Morgan fingerprint density at radius 2 is 2.35 bits per heavy atom. The van der Waals surface area contributed by atoms with E-state index in [2.05, 4.69) is 11.9 Å². The van der Waals surface area contributed by atoms with Gasteiger partial charge in [0.15, 0.2) is 0 Å². The molecule has 1 amide bonds. The van der Waals surface area contributed by atoms with E-state index in [1.54, 1.807) is 12.1 Å². The maximum Gasteiger partial charge on any atom is 0.255 e. The Morgan fingerprint density at radius 1 is 1.59 bits per heavy atom. The van der Waals surface area contributed by atoms with Crippen molar-refractivity contribution in [3.05, 3.63) is 36.4 Å². The number of rotatable bonds is 6. The van der Waals surface area contributed by atoms with Gasteiger partial charge in [-0.15, -0.1) is 6.58 Å². The number of unbranched alkanes of at least 4 members (excludes halogenated alkanes) is 1. The molecule has 1 rings (SSSR count). The number of allylic oxidation sites excluding steroid dienone is 1. The normalized spacial score (nSPS) is 9.71. The molecule has 0 unspecified atom stereocenters. The van der Waals surface area contributed by atoms with Gasteiger partial charge in [0.1, 0.15) is 11.5 Å². The molecule has 0 aromatic heterocycles. The SMILES string of the molecule is C=CCCCNC(=O)c1cc(OC)ccc1O. The second kappa shape index (κ2) is 6.58. The fourth-order valence-electron chi connectivity index (χ4n) is 1.37. The molecule has 0 bridgehead atoms. The second-order valence-corrected chi connectivity index (χ2v) is 3.57. The zero-order chi connectivity index (χ0) is 12.7. The first-order chi connectivity index (χ1) is 8.19. The lowest BCUT2D eigenvalue weighted by Crippen LogP contribution is -2.24. The van der Waals surface area contributed by atoms with Crippen LogP contribution in [0.25, 0.3) is 0 Å². The van der Waals surface area contributed by atoms with Crippen molar-refractivity contribution in [2.45, 2.75) is 12.8 Å². The maximum absolute atomic E-state index is 11.7. The van der Waals surface area contributed by atoms with E-state index >= 15 is 0 Å². The largest absolute Gasteiger partial charge is 0.507 e. The van der Waals surface area contributed by atoms with Crippen LogP contribution >= 0.6 is 0 Å². The van der Waals surface area contributed by atoms with Gasteiger partial charge in [-0.25, -0.2) is 0 Å². The smallest absolute Gasteiger partial charge is 0.255 e. The molecule has 0 fully saturated rings. The van der Waals surface area contributed by atoms with Crippen molar-refractivity contribution in [3.63, 3.8) is 0 Å². The number of carbonyl (C=O) groups is 1. The van der Waals surface area contributed by atoms with E-state index in [1.165, 1.54) is 19.2 Å². The average molecular weight is 235 g/mol. The highest BCUT2D eigenvalue weighted by Crippen LogP contribution is 2.22. The Hall–Kier alpha value is -1.97. The zero-order valence-electron chi connectivity index (χ0n) is 9.90. The minimum atomic E-state index is -0.300. The lowest BCUT2D eigenvalue weighted by Gasteiger charge is -2.07. The number of phenolic OH excluding ortho intramolecular Hbond substituents is 1. The van der Waals surface area contributed by atoms with Crippen LogP contribution < -0.4 is 10.1 Å². The molecule has 4 nitrogen and oxygen atoms in total. The van der Waals surface area contributed by atoms with Gasteiger partial charge in [0.05, 0.1) is 12.7 Å². The van der Waals surface area contributed by atoms with Gasteiger partial charge in [-0.2, -0.15) is 0 Å². The Balaban J connectivity index is 2.64. The van der Waals surface area contributed by atoms with Crippen LogP contribution in [-0.4, -0.2) is 24.7 Å². The van der Waals surface area contributed by atoms with Crippen molar-refractivity contribution < 1.29 is 14.6 Å². The second-order valence-electron chi connectivity index (χ2n) is 3.57. The highest BCUT2D eigenvalue weighted by molar-refractivity contribution is 5.97. The van der Waals surface area contributed by atoms with E-state index in [1.807, 2.05) is 0 Å². The van der Waals surface area contributed by atoms with Crippen molar-refractivity contribution in [2.75, 3.05) is 13.7 Å². The lowest BCUT2D eigenvalue weighted by atomic mass is 10.1. The fraction of sp³-hybridized carbons (Fsp3) is 0.308. The quantitative estimate of drug-likeness (QED) is 0.586. The van der Waals surface area contributed by atoms with Crippen molar-refractivity contribution in [2.24, 2.45) is 0 Å². The van der Waals surface area contributed by atoms with Crippen molar-refractivity contribution >= 4 is 5.91 Å². The predicted octanol–water partition coefficient (Wildman–Crippen LogP) is 2.10. The van der Waals surface area contributed by atoms with Crippen LogP contribution in [0.15, 0.2) is 30.9 Å². The molecule has 1 aromatic rings. The van der Waals surface area contributed by atoms with Crippen LogP contribution in [0, 0.1) is 0 Å². The van der Waals surface area contributed by atoms with E-state index in [4.69, 9.17) is 4.74 Å². The van der Waals surface area contributed by atoms with Crippen LogP contribution in [0.4, 0.5) is 0 Å². The predicted molar refractivity (Wildman–Crippen MR) is 66.4 cm³/mol. The molecule has 0 atom stereocenters. The number of nitrogens with one attached hydrogen (secondary N) is 1. The molecule has 0 aliphatic carbocycles. The zero-order valence-corrected chi connectivity index (χ0v) is 9.90. The summed E-state index contributed by atoms with van der Waals surface area (Å²) in [5, 5.41) is 12.3. The van der Waals surface area contributed by atoms with E-state index in [-0.39, 0.29) is 17.2 Å². The van der Waals surface area contributed by atoms with Gasteiger partial charge >= 0.3 is 0 Å². The summed E-state index contributed by atoms with van der Waals surface area (Å²) in [6.07, 6.45) is 3.49. The average Bonchev–Trinajstić information content (AvgIpc) is 2.35. The number of hydrogen-bond acceptors (Lipinski definition) is 3. The van der Waals surface area contributed by atoms with Crippen LogP contribution in [0.2, 0.25) is 0 Å². The molecule has 0 aliphatic heterocycles. The molecule has 4 heteroatoms. The Morgan fingerprint density at radius 3 is 3.00 bits per heavy atom. The summed E-state index contributed by atoms with van der Waals surface area (Å²) in [5.74, 6) is 0.191. The van der Waals surface area contributed by atoms with Gasteiger partial charge in [0.25, 0.3) is 5.91 Å². The van der Waals surface area contributed by atoms with Gasteiger partial charge < -0.3 is 15.2 Å². The molecule has 0 heterocycles. The first kappa shape index (κ1) is 13.1. The van der Waals surface area contributed by atoms with E-state index in [9.17, 15) is 9.90 Å². The molecule has 92 valence electrons. The third kappa shape index (κ3) is 3.83. The van der Waals surface area contributed by atoms with E-state index < -0.39 is 0 Å². The van der Waals surface area contributed by atoms with Gasteiger partial charge in [-0.1, -0.05) is 6.08 Å². The summed E-state index contributed by atoms with van der Waals surface area (Å²) in [4.78, 5) is 11.7. The summed E-state index contributed by atoms with van der Waals surface area (Å²) in [6.45, 7) is 4.16. The number of amides is 1. The number of methoxy groups -OCH3 is 1. The molecular weight excluding hydrogens is 218 g/mol. The molecule has 0 spiro atoms. The van der Waals surface area contributed by atoms with Crippen molar-refractivity contribution in [3.8, 4) is 11.5 Å². The Labute approximate surface area is 101 Å². The molecule has 17 heavy (non-hydrogen) atoms. The van der Waals surface area contributed by atoms with E-state index in [0.29, 0.717) is 12.3 Å². The summed E-state index contributed by atoms with van der Waals surface area (Å²) < 4.78 is 5.00. The topological polar surface area (TPSA) is 58.6 Å². The monoisotopic (exact) mass is 235 g/mol. The standard InChI is InChI=1S/C13H17NO3/c1-3-4-5-8-14-13(16)11-9-10(17-2)6-7-12(11)15/h3,6-7,9,15H,1,4-5,8H2,2H3,(H,14,16). The van der Waals surface area contributed by atoms with Crippen LogP contribution in [0.5, 0.6) is 11.5 Å². The highest BCUT2D eigenvalue weighted by atomic mass is 16.5. The number of carbonyl (C=O) groups excluding carboxylic acids is 1. The first-order valence-corrected chi connectivity index (χ1v) is 5.45. The van der Waals surface area contributed by atoms with Crippen molar-refractivity contribution in [1.82, 2.24) is 5.32 Å². The third-order valence-electron chi connectivity index (χ3n) is 2.32.